The minimum absolute atomic E-state index is 0.268. The molecule has 0 aliphatic rings. The molecule has 27 heavy (non-hydrogen) atoms. The Labute approximate surface area is 154 Å². The average Bonchev–Trinajstić information content (AvgIpc) is 3.03. The molecule has 1 amide bonds. The molecule has 0 bridgehead atoms. The van der Waals surface area contributed by atoms with E-state index in [-0.39, 0.29) is 6.42 Å². The summed E-state index contributed by atoms with van der Waals surface area (Å²) in [4.78, 5) is 14.2. The van der Waals surface area contributed by atoms with Gasteiger partial charge >= 0.3 is 12.1 Å². The molecule has 0 saturated carbocycles. The number of carbonyl (C=O) groups excluding carboxylic acids is 1. The van der Waals surface area contributed by atoms with Crippen molar-refractivity contribution >= 4 is 16.8 Å². The number of rotatable bonds is 6. The number of aromatic nitrogens is 1. The normalized spacial score (nSPS) is 12.7. The highest BCUT2D eigenvalue weighted by molar-refractivity contribution is 5.88. The number of aromatic amines is 1. The van der Waals surface area contributed by atoms with Gasteiger partial charge in [-0.05, 0) is 30.5 Å². The number of benzene rings is 2. The molecule has 4 nitrogen and oxygen atoms in total. The first-order valence-corrected chi connectivity index (χ1v) is 8.48. The number of alkyl halides is 3. The second-order valence-corrected chi connectivity index (χ2v) is 6.34. The van der Waals surface area contributed by atoms with Gasteiger partial charge in [-0.3, -0.25) is 4.79 Å². The van der Waals surface area contributed by atoms with E-state index in [4.69, 9.17) is 4.74 Å². The van der Waals surface area contributed by atoms with Crippen LogP contribution < -0.4 is 10.1 Å². The van der Waals surface area contributed by atoms with Crippen molar-refractivity contribution in [3.8, 4) is 5.75 Å². The van der Waals surface area contributed by atoms with Crippen LogP contribution in [0.5, 0.6) is 5.75 Å². The number of hydrogen-bond acceptors (Lipinski definition) is 2. The summed E-state index contributed by atoms with van der Waals surface area (Å²) in [5.74, 6) is -1.27. The summed E-state index contributed by atoms with van der Waals surface area (Å²) in [5, 5.41) is 2.83. The van der Waals surface area contributed by atoms with Gasteiger partial charge in [0.25, 0.3) is 0 Å². The van der Waals surface area contributed by atoms with Gasteiger partial charge in [0.2, 0.25) is 0 Å². The first kappa shape index (κ1) is 18.8. The number of fused-ring (bicyclic) bond motifs is 1. The molecule has 1 aromatic heterocycles. The van der Waals surface area contributed by atoms with E-state index in [0.717, 1.165) is 22.0 Å². The molecule has 3 aromatic rings. The summed E-state index contributed by atoms with van der Waals surface area (Å²) < 4.78 is 43.0. The largest absolute Gasteiger partial charge is 0.487 e. The summed E-state index contributed by atoms with van der Waals surface area (Å²) in [6, 6.07) is 14.6. The van der Waals surface area contributed by atoms with Gasteiger partial charge < -0.3 is 15.0 Å². The molecule has 0 aliphatic carbocycles. The number of amides is 1. The molecule has 7 heteroatoms. The Morgan fingerprint density at radius 1 is 1.15 bits per heavy atom. The van der Waals surface area contributed by atoms with Crippen LogP contribution in [0.4, 0.5) is 13.2 Å². The summed E-state index contributed by atoms with van der Waals surface area (Å²) in [6.45, 7) is 1.95. The molecule has 3 rings (SSSR count). The van der Waals surface area contributed by atoms with Crippen LogP contribution >= 0.6 is 0 Å². The number of ether oxygens (including phenoxy) is 1. The van der Waals surface area contributed by atoms with Gasteiger partial charge in [0.15, 0.2) is 0 Å². The zero-order valence-corrected chi connectivity index (χ0v) is 14.6. The van der Waals surface area contributed by atoms with E-state index in [9.17, 15) is 18.0 Å². The third kappa shape index (κ3) is 4.61. The van der Waals surface area contributed by atoms with Crippen LogP contribution in [0.25, 0.3) is 10.9 Å². The fourth-order valence-electron chi connectivity index (χ4n) is 2.90. The summed E-state index contributed by atoms with van der Waals surface area (Å²) in [7, 11) is 0. The Morgan fingerprint density at radius 2 is 1.89 bits per heavy atom. The van der Waals surface area contributed by atoms with Gasteiger partial charge in [0.1, 0.15) is 12.4 Å². The van der Waals surface area contributed by atoms with Crippen molar-refractivity contribution in [1.29, 1.82) is 0 Å². The molecular weight excluding hydrogens is 357 g/mol. The Kier molecular flexibility index (Phi) is 5.39. The number of nitrogens with one attached hydrogen (secondary N) is 2. The SMILES string of the molecule is C[C@H](Cc1c[nH]c2c(OCc3ccccc3)cccc12)NC(=O)C(F)(F)F. The van der Waals surface area contributed by atoms with Gasteiger partial charge in [-0.15, -0.1) is 0 Å². The first-order valence-electron chi connectivity index (χ1n) is 8.48. The first-order chi connectivity index (χ1) is 12.8. The highest BCUT2D eigenvalue weighted by Gasteiger charge is 2.39. The predicted molar refractivity (Wildman–Crippen MR) is 96.4 cm³/mol. The number of halogens is 3. The van der Waals surface area contributed by atoms with Crippen molar-refractivity contribution in [1.82, 2.24) is 10.3 Å². The van der Waals surface area contributed by atoms with Crippen LogP contribution in [-0.4, -0.2) is 23.1 Å². The lowest BCUT2D eigenvalue weighted by atomic mass is 10.1. The van der Waals surface area contributed by atoms with E-state index in [1.54, 1.807) is 6.20 Å². The maximum absolute atomic E-state index is 12.4. The van der Waals surface area contributed by atoms with Crippen LogP contribution in [0, 0.1) is 0 Å². The minimum atomic E-state index is -4.88. The molecular formula is C20H19F3N2O2. The third-order valence-electron chi connectivity index (χ3n) is 4.16. The van der Waals surface area contributed by atoms with Gasteiger partial charge in [-0.25, -0.2) is 0 Å². The summed E-state index contributed by atoms with van der Waals surface area (Å²) in [6.07, 6.45) is -2.88. The number of carbonyl (C=O) groups is 1. The standard InChI is InChI=1S/C20H19F3N2O2/c1-13(25-19(26)20(21,22)23)10-15-11-24-18-16(15)8-5-9-17(18)27-12-14-6-3-2-4-7-14/h2-9,11,13,24H,10,12H2,1H3,(H,25,26)/t13-/m1/s1. The van der Waals surface area contributed by atoms with E-state index in [1.807, 2.05) is 53.8 Å². The van der Waals surface area contributed by atoms with Gasteiger partial charge in [-0.1, -0.05) is 42.5 Å². The molecule has 0 fully saturated rings. The second-order valence-electron chi connectivity index (χ2n) is 6.34. The lowest BCUT2D eigenvalue weighted by Crippen LogP contribution is -2.42. The number of para-hydroxylation sites is 1. The van der Waals surface area contributed by atoms with E-state index in [2.05, 4.69) is 4.98 Å². The summed E-state index contributed by atoms with van der Waals surface area (Å²) >= 11 is 0. The third-order valence-corrected chi connectivity index (χ3v) is 4.16. The smallest absolute Gasteiger partial charge is 0.471 e. The average molecular weight is 376 g/mol. The topological polar surface area (TPSA) is 54.1 Å². The number of hydrogen-bond donors (Lipinski definition) is 2. The molecule has 1 heterocycles. The lowest BCUT2D eigenvalue weighted by molar-refractivity contribution is -0.174. The Hall–Kier alpha value is -2.96. The van der Waals surface area contributed by atoms with Crippen molar-refractivity contribution in [2.45, 2.75) is 32.2 Å². The molecule has 0 radical (unpaired) electrons. The quantitative estimate of drug-likeness (QED) is 0.672. The molecule has 142 valence electrons. The van der Waals surface area contributed by atoms with Crippen molar-refractivity contribution < 1.29 is 22.7 Å². The maximum atomic E-state index is 12.4. The summed E-state index contributed by atoms with van der Waals surface area (Å²) in [5.41, 5.74) is 2.62. The predicted octanol–water partition coefficient (Wildman–Crippen LogP) is 4.36. The van der Waals surface area contributed by atoms with Crippen LogP contribution in [0.2, 0.25) is 0 Å². The zero-order valence-electron chi connectivity index (χ0n) is 14.6. The van der Waals surface area contributed by atoms with Crippen LogP contribution in [0.1, 0.15) is 18.1 Å². The van der Waals surface area contributed by atoms with Gasteiger partial charge in [0, 0.05) is 17.6 Å². The van der Waals surface area contributed by atoms with E-state index < -0.39 is 18.1 Å². The molecule has 2 aromatic carbocycles. The zero-order chi connectivity index (χ0) is 19.4. The second kappa shape index (κ2) is 7.73. The molecule has 0 spiro atoms. The Balaban J connectivity index is 1.72. The Bertz CT molecular complexity index is 920. The molecule has 0 aliphatic heterocycles. The number of H-pyrrole nitrogens is 1. The van der Waals surface area contributed by atoms with Gasteiger partial charge in [0.05, 0.1) is 5.52 Å². The lowest BCUT2D eigenvalue weighted by Gasteiger charge is -2.15. The fraction of sp³-hybridized carbons (Fsp3) is 0.250. The van der Waals surface area contributed by atoms with E-state index in [0.29, 0.717) is 12.4 Å². The van der Waals surface area contributed by atoms with E-state index >= 15 is 0 Å². The van der Waals surface area contributed by atoms with Crippen LogP contribution in [0.15, 0.2) is 54.7 Å². The van der Waals surface area contributed by atoms with Crippen molar-refractivity contribution in [3.05, 3.63) is 65.9 Å². The van der Waals surface area contributed by atoms with Crippen molar-refractivity contribution in [2.75, 3.05) is 0 Å². The highest BCUT2D eigenvalue weighted by atomic mass is 19.4. The molecule has 1 atom stereocenters. The van der Waals surface area contributed by atoms with E-state index in [1.165, 1.54) is 6.92 Å². The molecule has 2 N–H and O–H groups in total. The Morgan fingerprint density at radius 3 is 2.59 bits per heavy atom. The fourth-order valence-corrected chi connectivity index (χ4v) is 2.90. The van der Waals surface area contributed by atoms with Gasteiger partial charge in [-0.2, -0.15) is 13.2 Å². The van der Waals surface area contributed by atoms with Crippen LogP contribution in [0.3, 0.4) is 0 Å². The monoisotopic (exact) mass is 376 g/mol. The van der Waals surface area contributed by atoms with Crippen LogP contribution in [-0.2, 0) is 17.8 Å². The minimum Gasteiger partial charge on any atom is -0.487 e. The molecule has 0 unspecified atom stereocenters. The van der Waals surface area contributed by atoms with Crippen molar-refractivity contribution in [3.63, 3.8) is 0 Å². The van der Waals surface area contributed by atoms with Crippen molar-refractivity contribution in [2.24, 2.45) is 0 Å². The highest BCUT2D eigenvalue weighted by Crippen LogP contribution is 2.28. The molecule has 0 saturated heterocycles. The maximum Gasteiger partial charge on any atom is 0.471 e.